The number of nitrogens with zero attached hydrogens (tertiary/aromatic N) is 1. The molecule has 0 aliphatic heterocycles. The summed E-state index contributed by atoms with van der Waals surface area (Å²) >= 11 is 0. The minimum absolute atomic E-state index is 0.00171. The monoisotopic (exact) mass is 182 g/mol. The summed E-state index contributed by atoms with van der Waals surface area (Å²) in [6.45, 7) is 1.65. The van der Waals surface area contributed by atoms with E-state index in [0.29, 0.717) is 5.75 Å². The van der Waals surface area contributed by atoms with Crippen LogP contribution < -0.4 is 10.5 Å². The first-order chi connectivity index (χ1) is 6.09. The second-order valence-corrected chi connectivity index (χ2v) is 2.58. The normalized spacial score (nSPS) is 12.2. The lowest BCUT2D eigenvalue weighted by molar-refractivity contribution is -0.384. The number of rotatable bonds is 3. The molecule has 1 atom stereocenters. The number of ether oxygens (including phenoxy) is 1. The van der Waals surface area contributed by atoms with E-state index in [1.807, 2.05) is 0 Å². The van der Waals surface area contributed by atoms with E-state index in [-0.39, 0.29) is 5.69 Å². The fourth-order valence-corrected chi connectivity index (χ4v) is 0.885. The van der Waals surface area contributed by atoms with Crippen LogP contribution in [-0.2, 0) is 0 Å². The van der Waals surface area contributed by atoms with Crippen molar-refractivity contribution in [3.05, 3.63) is 34.4 Å². The first kappa shape index (κ1) is 9.47. The third-order valence-corrected chi connectivity index (χ3v) is 1.35. The molecule has 0 aliphatic rings. The molecule has 13 heavy (non-hydrogen) atoms. The zero-order valence-corrected chi connectivity index (χ0v) is 7.14. The highest BCUT2D eigenvalue weighted by molar-refractivity contribution is 5.37. The molecular formula is C8H10N2O3. The molecule has 1 rings (SSSR count). The average molecular weight is 182 g/mol. The zero-order valence-electron chi connectivity index (χ0n) is 7.14. The van der Waals surface area contributed by atoms with Gasteiger partial charge >= 0.3 is 0 Å². The number of nitrogens with two attached hydrogens (primary N) is 1. The summed E-state index contributed by atoms with van der Waals surface area (Å²) in [5, 5.41) is 10.4. The third-order valence-electron chi connectivity index (χ3n) is 1.35. The predicted octanol–water partition coefficient (Wildman–Crippen LogP) is 1.28. The lowest BCUT2D eigenvalue weighted by atomic mass is 10.3. The van der Waals surface area contributed by atoms with Gasteiger partial charge < -0.3 is 4.74 Å². The molecule has 1 aromatic carbocycles. The van der Waals surface area contributed by atoms with Crippen molar-refractivity contribution in [3.8, 4) is 5.75 Å². The Morgan fingerprint density at radius 2 is 2.31 bits per heavy atom. The van der Waals surface area contributed by atoms with Gasteiger partial charge in [0.05, 0.1) is 11.0 Å². The van der Waals surface area contributed by atoms with Gasteiger partial charge in [-0.15, -0.1) is 0 Å². The van der Waals surface area contributed by atoms with Crippen molar-refractivity contribution in [1.29, 1.82) is 0 Å². The van der Waals surface area contributed by atoms with Gasteiger partial charge in [-0.25, -0.2) is 0 Å². The van der Waals surface area contributed by atoms with Gasteiger partial charge in [-0.2, -0.15) is 0 Å². The van der Waals surface area contributed by atoms with E-state index in [0.717, 1.165) is 0 Å². The Balaban J connectivity index is 2.85. The average Bonchev–Trinajstić information content (AvgIpc) is 2.03. The maximum Gasteiger partial charge on any atom is 0.273 e. The topological polar surface area (TPSA) is 78.4 Å². The molecule has 2 N–H and O–H groups in total. The van der Waals surface area contributed by atoms with Crippen molar-refractivity contribution in [1.82, 2.24) is 0 Å². The maximum absolute atomic E-state index is 10.4. The summed E-state index contributed by atoms with van der Waals surface area (Å²) in [5.41, 5.74) is 5.36. The summed E-state index contributed by atoms with van der Waals surface area (Å²) in [5.74, 6) is 0.407. The molecule has 0 aliphatic carbocycles. The molecule has 70 valence electrons. The van der Waals surface area contributed by atoms with Crippen molar-refractivity contribution in [2.24, 2.45) is 5.73 Å². The first-order valence-electron chi connectivity index (χ1n) is 3.76. The molecule has 0 aromatic heterocycles. The SMILES string of the molecule is CC(N)Oc1cccc([N+](=O)[O-])c1. The molecule has 1 unspecified atom stereocenters. The summed E-state index contributed by atoms with van der Waals surface area (Å²) in [6.07, 6.45) is -0.470. The summed E-state index contributed by atoms with van der Waals surface area (Å²) < 4.78 is 5.08. The molecule has 5 heteroatoms. The molecular weight excluding hydrogens is 172 g/mol. The van der Waals surface area contributed by atoms with Crippen LogP contribution >= 0.6 is 0 Å². The molecule has 0 fully saturated rings. The molecule has 5 nitrogen and oxygen atoms in total. The number of nitro benzene ring substituents is 1. The molecule has 0 bridgehead atoms. The standard InChI is InChI=1S/C8H10N2O3/c1-6(9)13-8-4-2-3-7(5-8)10(11)12/h2-6H,9H2,1H3. The molecule has 1 aromatic rings. The maximum atomic E-state index is 10.4. The second kappa shape index (κ2) is 3.86. The van der Waals surface area contributed by atoms with Crippen LogP contribution in [0, 0.1) is 10.1 Å². The van der Waals surface area contributed by atoms with Crippen LogP contribution in [0.25, 0.3) is 0 Å². The third kappa shape index (κ3) is 2.72. The van der Waals surface area contributed by atoms with Gasteiger partial charge in [0.1, 0.15) is 12.0 Å². The smallest absolute Gasteiger partial charge is 0.273 e. The van der Waals surface area contributed by atoms with Crippen LogP contribution in [0.15, 0.2) is 24.3 Å². The number of benzene rings is 1. The quantitative estimate of drug-likeness (QED) is 0.434. The zero-order chi connectivity index (χ0) is 9.84. The molecule has 0 spiro atoms. The Hall–Kier alpha value is -1.62. The molecule has 0 saturated carbocycles. The van der Waals surface area contributed by atoms with Gasteiger partial charge in [-0.3, -0.25) is 15.8 Å². The van der Waals surface area contributed by atoms with Crippen LogP contribution in [0.4, 0.5) is 5.69 Å². The molecule has 0 heterocycles. The largest absolute Gasteiger partial charge is 0.476 e. The van der Waals surface area contributed by atoms with Crippen LogP contribution in [0.5, 0.6) is 5.75 Å². The van der Waals surface area contributed by atoms with E-state index in [2.05, 4.69) is 0 Å². The summed E-state index contributed by atoms with van der Waals surface area (Å²) in [4.78, 5) is 9.88. The van der Waals surface area contributed by atoms with E-state index in [1.165, 1.54) is 12.1 Å². The highest BCUT2D eigenvalue weighted by atomic mass is 16.6. The Kier molecular flexibility index (Phi) is 2.81. The van der Waals surface area contributed by atoms with Gasteiger partial charge in [-0.05, 0) is 13.0 Å². The van der Waals surface area contributed by atoms with Gasteiger partial charge in [-0.1, -0.05) is 6.07 Å². The van der Waals surface area contributed by atoms with Crippen molar-refractivity contribution >= 4 is 5.69 Å². The highest BCUT2D eigenvalue weighted by Crippen LogP contribution is 2.19. The van der Waals surface area contributed by atoms with Crippen molar-refractivity contribution in [2.45, 2.75) is 13.2 Å². The second-order valence-electron chi connectivity index (χ2n) is 2.58. The van der Waals surface area contributed by atoms with Gasteiger partial charge in [0.25, 0.3) is 5.69 Å². The predicted molar refractivity (Wildman–Crippen MR) is 47.4 cm³/mol. The van der Waals surface area contributed by atoms with E-state index in [4.69, 9.17) is 10.5 Å². The first-order valence-corrected chi connectivity index (χ1v) is 3.76. The summed E-state index contributed by atoms with van der Waals surface area (Å²) in [6, 6.07) is 5.91. The highest BCUT2D eigenvalue weighted by Gasteiger charge is 2.06. The Morgan fingerprint density at radius 1 is 1.62 bits per heavy atom. The van der Waals surface area contributed by atoms with Crippen LogP contribution in [-0.4, -0.2) is 11.2 Å². The minimum atomic E-state index is -0.478. The Labute approximate surface area is 75.3 Å². The lowest BCUT2D eigenvalue weighted by Gasteiger charge is -2.08. The van der Waals surface area contributed by atoms with Crippen molar-refractivity contribution < 1.29 is 9.66 Å². The molecule has 0 amide bonds. The van der Waals surface area contributed by atoms with Crippen LogP contribution in [0.3, 0.4) is 0 Å². The van der Waals surface area contributed by atoms with Gasteiger partial charge in [0, 0.05) is 6.07 Å². The van der Waals surface area contributed by atoms with Crippen molar-refractivity contribution in [3.63, 3.8) is 0 Å². The fourth-order valence-electron chi connectivity index (χ4n) is 0.885. The van der Waals surface area contributed by atoms with E-state index < -0.39 is 11.2 Å². The fraction of sp³-hybridized carbons (Fsp3) is 0.250. The number of nitro groups is 1. The van der Waals surface area contributed by atoms with Crippen LogP contribution in [0.2, 0.25) is 0 Å². The lowest BCUT2D eigenvalue weighted by Crippen LogP contribution is -2.22. The van der Waals surface area contributed by atoms with E-state index in [9.17, 15) is 10.1 Å². The number of hydrogen-bond acceptors (Lipinski definition) is 4. The molecule has 0 radical (unpaired) electrons. The minimum Gasteiger partial charge on any atom is -0.476 e. The Morgan fingerprint density at radius 3 is 2.85 bits per heavy atom. The molecule has 0 saturated heterocycles. The van der Waals surface area contributed by atoms with Crippen LogP contribution in [0.1, 0.15) is 6.92 Å². The van der Waals surface area contributed by atoms with Crippen molar-refractivity contribution in [2.75, 3.05) is 0 Å². The summed E-state index contributed by atoms with van der Waals surface area (Å²) in [7, 11) is 0. The Bertz CT molecular complexity index is 312. The van der Waals surface area contributed by atoms with E-state index >= 15 is 0 Å². The number of non-ortho nitro benzene ring substituents is 1. The van der Waals surface area contributed by atoms with Gasteiger partial charge in [0.2, 0.25) is 0 Å². The number of hydrogen-bond donors (Lipinski definition) is 1. The van der Waals surface area contributed by atoms with E-state index in [1.54, 1.807) is 19.1 Å². The van der Waals surface area contributed by atoms with Gasteiger partial charge in [0.15, 0.2) is 0 Å².